The molecular formula is CaNO7PZn. The van der Waals surface area contributed by atoms with Gasteiger partial charge in [-0.1, -0.05) is 0 Å². The van der Waals surface area contributed by atoms with Gasteiger partial charge in [0.05, 0.1) is 5.09 Å². The summed E-state index contributed by atoms with van der Waals surface area (Å²) >= 11 is 0. The molecule has 0 atom stereocenters. The summed E-state index contributed by atoms with van der Waals surface area (Å²) in [5.41, 5.74) is 0. The quantitative estimate of drug-likeness (QED) is 0.190. The average Bonchev–Trinajstić information content (AvgIpc) is 1.19. The van der Waals surface area contributed by atoms with Crippen LogP contribution in [0.25, 0.3) is 0 Å². The van der Waals surface area contributed by atoms with Crippen molar-refractivity contribution < 1.29 is 43.8 Å². The van der Waals surface area contributed by atoms with Crippen LogP contribution in [0.1, 0.15) is 0 Å². The molecule has 0 aliphatic heterocycles. The first-order chi connectivity index (χ1) is 3.73. The smallest absolute Gasteiger partial charge is 0.822 e. The van der Waals surface area contributed by atoms with Crippen LogP contribution in [-0.2, 0) is 24.0 Å². The van der Waals surface area contributed by atoms with Crippen molar-refractivity contribution in [2.45, 2.75) is 0 Å². The molecule has 0 aromatic carbocycles. The molecule has 0 saturated carbocycles. The van der Waals surface area contributed by atoms with Gasteiger partial charge in [-0.05, 0) is 0 Å². The summed E-state index contributed by atoms with van der Waals surface area (Å²) in [6.45, 7) is 0. The fourth-order valence-corrected chi connectivity index (χ4v) is 0. The summed E-state index contributed by atoms with van der Waals surface area (Å²) in [7, 11) is -5.39. The van der Waals surface area contributed by atoms with Crippen LogP contribution in [0.4, 0.5) is 0 Å². The Morgan fingerprint density at radius 1 is 1.09 bits per heavy atom. The van der Waals surface area contributed by atoms with E-state index in [2.05, 4.69) is 0 Å². The number of rotatable bonds is 0. The molecule has 0 spiro atoms. The summed E-state index contributed by atoms with van der Waals surface area (Å²) < 4.78 is 8.55. The third-order valence-electron chi connectivity index (χ3n) is 0. The van der Waals surface area contributed by atoms with Crippen molar-refractivity contribution >= 4 is 45.6 Å². The molecule has 0 aliphatic rings. The van der Waals surface area contributed by atoms with Crippen LogP contribution in [-0.4, -0.2) is 42.8 Å². The van der Waals surface area contributed by atoms with E-state index in [0.717, 1.165) is 0 Å². The van der Waals surface area contributed by atoms with E-state index >= 15 is 0 Å². The summed E-state index contributed by atoms with van der Waals surface area (Å²) in [6.07, 6.45) is 0. The second-order valence-corrected chi connectivity index (χ2v) is 1.57. The van der Waals surface area contributed by atoms with Gasteiger partial charge < -0.3 is 34.6 Å². The van der Waals surface area contributed by atoms with Crippen LogP contribution >= 0.6 is 7.82 Å². The van der Waals surface area contributed by atoms with E-state index in [1.807, 2.05) is 0 Å². The number of nitrogens with zero attached hydrogens (tertiary/aromatic N) is 1. The van der Waals surface area contributed by atoms with E-state index in [9.17, 15) is 0 Å². The predicted octanol–water partition coefficient (Wildman–Crippen LogP) is -3.45. The zero-order chi connectivity index (χ0) is 8.08. The van der Waals surface area contributed by atoms with Gasteiger partial charge in [-0.3, -0.25) is 0 Å². The van der Waals surface area contributed by atoms with Gasteiger partial charge in [0.15, 0.2) is 0 Å². The predicted molar refractivity (Wildman–Crippen MR) is 23.7 cm³/mol. The number of phosphoric acid groups is 1. The van der Waals surface area contributed by atoms with Crippen LogP contribution < -0.4 is 14.7 Å². The van der Waals surface area contributed by atoms with Gasteiger partial charge in [-0.2, -0.15) is 7.82 Å². The normalized spacial score (nSPS) is 7.55. The van der Waals surface area contributed by atoms with Crippen LogP contribution in [0.5, 0.6) is 0 Å². The van der Waals surface area contributed by atoms with Crippen LogP contribution in [0.3, 0.4) is 0 Å². The first kappa shape index (κ1) is 22.8. The number of hydrogen-bond donors (Lipinski definition) is 0. The zero-order valence-electron chi connectivity index (χ0n) is 5.17. The fourth-order valence-electron chi connectivity index (χ4n) is 0. The maximum atomic E-state index is 8.55. The largest absolute Gasteiger partial charge is 2.00 e. The Bertz CT molecular complexity index is 118. The minimum absolute atomic E-state index is 0. The van der Waals surface area contributed by atoms with Gasteiger partial charge >= 0.3 is 57.2 Å². The Morgan fingerprint density at radius 3 is 1.09 bits per heavy atom. The van der Waals surface area contributed by atoms with E-state index < -0.39 is 12.9 Å². The second kappa shape index (κ2) is 11.2. The summed E-state index contributed by atoms with van der Waals surface area (Å²) in [4.78, 5) is 33.9. The molecule has 0 bridgehead atoms. The maximum absolute atomic E-state index is 8.55. The molecule has 0 N–H and O–H groups in total. The van der Waals surface area contributed by atoms with E-state index in [4.69, 9.17) is 34.6 Å². The SMILES string of the molecule is O=P([O-])([O-])[O-].O=[N+]([O-])[O-].[Ca+2].[Zn+2]. The standard InChI is InChI=1S/Ca.NO3.H3O4P.Zn/c;2-1(3)4;1-5(2,3)4;/h;;(H3,1,2,3,4);/q+2;-1;;+2/p-3. The second-order valence-electron chi connectivity index (χ2n) is 0.671. The summed E-state index contributed by atoms with van der Waals surface area (Å²) in [6, 6.07) is 0. The van der Waals surface area contributed by atoms with Crippen molar-refractivity contribution in [3.05, 3.63) is 15.3 Å². The van der Waals surface area contributed by atoms with Crippen molar-refractivity contribution in [1.82, 2.24) is 0 Å². The molecule has 0 aromatic heterocycles. The Kier molecular flexibility index (Phi) is 23.2. The molecule has 11 heteroatoms. The first-order valence-corrected chi connectivity index (χ1v) is 2.74. The average molecular weight is 262 g/mol. The molecule has 0 heterocycles. The minimum Gasteiger partial charge on any atom is -0.822 e. The Labute approximate surface area is 104 Å². The van der Waals surface area contributed by atoms with Gasteiger partial charge in [0.25, 0.3) is 0 Å². The fraction of sp³-hybridized carbons (Fsp3) is 0. The third kappa shape index (κ3) is 665. The Hall–Kier alpha value is 1.19. The van der Waals surface area contributed by atoms with E-state index in [0.29, 0.717) is 0 Å². The number of hydrogen-bond acceptors (Lipinski definition) is 7. The molecule has 0 unspecified atom stereocenters. The Morgan fingerprint density at radius 2 is 1.09 bits per heavy atom. The summed E-state index contributed by atoms with van der Waals surface area (Å²) in [5, 5.41) is 14.8. The molecule has 56 valence electrons. The van der Waals surface area contributed by atoms with Crippen molar-refractivity contribution in [3.8, 4) is 0 Å². The van der Waals surface area contributed by atoms with Gasteiger partial charge in [0, 0.05) is 0 Å². The Balaban J connectivity index is -0.0000000383. The van der Waals surface area contributed by atoms with Crippen LogP contribution in [0.15, 0.2) is 0 Å². The van der Waals surface area contributed by atoms with Crippen molar-refractivity contribution in [2.24, 2.45) is 0 Å². The van der Waals surface area contributed by atoms with Gasteiger partial charge in [-0.15, -0.1) is 0 Å². The third-order valence-corrected chi connectivity index (χ3v) is 0. The zero-order valence-corrected chi connectivity index (χ0v) is 11.2. The molecule has 0 saturated heterocycles. The van der Waals surface area contributed by atoms with Crippen LogP contribution in [0.2, 0.25) is 0 Å². The molecular weight excluding hydrogens is 262 g/mol. The maximum Gasteiger partial charge on any atom is 2.00 e. The molecule has 0 fully saturated rings. The topological polar surface area (TPSA) is 152 Å². The molecule has 11 heavy (non-hydrogen) atoms. The van der Waals surface area contributed by atoms with Gasteiger partial charge in [-0.25, -0.2) is 0 Å². The molecule has 0 aliphatic carbocycles. The molecule has 8 nitrogen and oxygen atoms in total. The minimum atomic E-state index is -5.39. The van der Waals surface area contributed by atoms with E-state index in [-0.39, 0.29) is 57.2 Å². The van der Waals surface area contributed by atoms with Crippen molar-refractivity contribution in [1.29, 1.82) is 0 Å². The molecule has 0 radical (unpaired) electrons. The van der Waals surface area contributed by atoms with E-state index in [1.165, 1.54) is 0 Å². The van der Waals surface area contributed by atoms with E-state index in [1.54, 1.807) is 0 Å². The first-order valence-electron chi connectivity index (χ1n) is 1.28. The monoisotopic (exact) mass is 261 g/mol. The van der Waals surface area contributed by atoms with Gasteiger partial charge in [0.1, 0.15) is 0 Å². The molecule has 0 amide bonds. The van der Waals surface area contributed by atoms with Gasteiger partial charge in [0.2, 0.25) is 0 Å². The molecule has 0 rings (SSSR count). The van der Waals surface area contributed by atoms with Crippen molar-refractivity contribution in [2.75, 3.05) is 0 Å². The summed E-state index contributed by atoms with van der Waals surface area (Å²) in [5.74, 6) is 0. The molecule has 0 aromatic rings. The van der Waals surface area contributed by atoms with Crippen molar-refractivity contribution in [3.63, 3.8) is 0 Å². The van der Waals surface area contributed by atoms with Crippen LogP contribution in [0, 0.1) is 15.3 Å².